The number of nitrogens with one attached hydrogen (secondary N) is 1. The lowest BCUT2D eigenvalue weighted by molar-refractivity contribution is 0.328. The van der Waals surface area contributed by atoms with Crippen molar-refractivity contribution in [3.8, 4) is 0 Å². The molecule has 0 bridgehead atoms. The molecule has 1 aliphatic rings. The fraction of sp³-hybridized carbons (Fsp3) is 0.667. The molecule has 0 aromatic carbocycles. The minimum absolute atomic E-state index is 0.0461. The van der Waals surface area contributed by atoms with Gasteiger partial charge in [0.1, 0.15) is 0 Å². The Morgan fingerprint density at radius 1 is 1.38 bits per heavy atom. The first-order chi connectivity index (χ1) is 10.2. The lowest BCUT2D eigenvalue weighted by Gasteiger charge is -2.17. The van der Waals surface area contributed by atoms with Gasteiger partial charge in [-0.25, -0.2) is 4.98 Å². The van der Waals surface area contributed by atoms with Gasteiger partial charge in [-0.15, -0.1) is 0 Å². The summed E-state index contributed by atoms with van der Waals surface area (Å²) in [6.07, 6.45) is 9.94. The van der Waals surface area contributed by atoms with Crippen LogP contribution in [0.5, 0.6) is 0 Å². The summed E-state index contributed by atoms with van der Waals surface area (Å²) >= 11 is 0. The molecule has 1 N–H and O–H groups in total. The van der Waals surface area contributed by atoms with Crippen molar-refractivity contribution in [2.24, 2.45) is 7.05 Å². The molecule has 1 fully saturated rings. The number of rotatable bonds is 5. The maximum absolute atomic E-state index is 5.43. The lowest BCUT2D eigenvalue weighted by Crippen LogP contribution is -2.20. The van der Waals surface area contributed by atoms with Crippen LogP contribution in [-0.4, -0.2) is 19.7 Å². The third-order valence-electron chi connectivity index (χ3n) is 4.30. The normalized spacial score (nSPS) is 18.0. The standard InChI is InChI=1S/C15H23N5O/c1-11(17-9-13-8-16-10-20(13)2)15-18-14(19-21-15)12-6-4-3-5-7-12/h8,10-12,17H,3-7,9H2,1-2H3/t11-/m0/s1. The Morgan fingerprint density at radius 2 is 2.19 bits per heavy atom. The van der Waals surface area contributed by atoms with Crippen molar-refractivity contribution >= 4 is 0 Å². The number of aryl methyl sites for hydroxylation is 1. The summed E-state index contributed by atoms with van der Waals surface area (Å²) in [7, 11) is 1.99. The summed E-state index contributed by atoms with van der Waals surface area (Å²) in [6.45, 7) is 2.79. The smallest absolute Gasteiger partial charge is 0.243 e. The fourth-order valence-electron chi connectivity index (χ4n) is 2.85. The van der Waals surface area contributed by atoms with Gasteiger partial charge in [0, 0.05) is 25.7 Å². The van der Waals surface area contributed by atoms with Gasteiger partial charge in [0.2, 0.25) is 5.89 Å². The van der Waals surface area contributed by atoms with E-state index in [1.165, 1.54) is 32.1 Å². The average molecular weight is 289 g/mol. The van der Waals surface area contributed by atoms with Gasteiger partial charge in [-0.1, -0.05) is 24.4 Å². The van der Waals surface area contributed by atoms with Gasteiger partial charge < -0.3 is 14.4 Å². The van der Waals surface area contributed by atoms with E-state index in [2.05, 4.69) is 27.4 Å². The summed E-state index contributed by atoms with van der Waals surface area (Å²) in [4.78, 5) is 8.70. The summed E-state index contributed by atoms with van der Waals surface area (Å²) in [5, 5.41) is 7.58. The second-order valence-corrected chi connectivity index (χ2v) is 5.92. The number of hydrogen-bond donors (Lipinski definition) is 1. The highest BCUT2D eigenvalue weighted by atomic mass is 16.5. The van der Waals surface area contributed by atoms with Crippen molar-refractivity contribution in [3.63, 3.8) is 0 Å². The predicted molar refractivity (Wildman–Crippen MR) is 78.6 cm³/mol. The SMILES string of the molecule is C[C@H](NCc1cncn1C)c1nc(C2CCCCC2)no1. The highest BCUT2D eigenvalue weighted by Crippen LogP contribution is 2.31. The summed E-state index contributed by atoms with van der Waals surface area (Å²) < 4.78 is 7.43. The van der Waals surface area contributed by atoms with E-state index in [0.29, 0.717) is 11.8 Å². The van der Waals surface area contributed by atoms with Gasteiger partial charge in [-0.2, -0.15) is 4.98 Å². The summed E-state index contributed by atoms with van der Waals surface area (Å²) in [5.74, 6) is 2.05. The summed E-state index contributed by atoms with van der Waals surface area (Å²) in [6, 6.07) is 0.0461. The molecule has 3 rings (SSSR count). The van der Waals surface area contributed by atoms with Gasteiger partial charge in [-0.3, -0.25) is 0 Å². The second-order valence-electron chi connectivity index (χ2n) is 5.92. The van der Waals surface area contributed by atoms with Gasteiger partial charge in [0.15, 0.2) is 5.82 Å². The van der Waals surface area contributed by atoms with Crippen molar-refractivity contribution in [1.82, 2.24) is 25.0 Å². The Morgan fingerprint density at radius 3 is 2.90 bits per heavy atom. The Hall–Kier alpha value is -1.69. The third kappa shape index (κ3) is 3.32. The molecule has 0 aliphatic heterocycles. The number of aromatic nitrogens is 4. The fourth-order valence-corrected chi connectivity index (χ4v) is 2.85. The van der Waals surface area contributed by atoms with Gasteiger partial charge in [0.05, 0.1) is 18.1 Å². The van der Waals surface area contributed by atoms with Crippen molar-refractivity contribution < 1.29 is 4.52 Å². The monoisotopic (exact) mass is 289 g/mol. The Bertz CT molecular complexity index is 570. The first-order valence-electron chi connectivity index (χ1n) is 7.76. The van der Waals surface area contributed by atoms with E-state index in [0.717, 1.165) is 18.1 Å². The van der Waals surface area contributed by atoms with E-state index in [1.54, 1.807) is 6.33 Å². The van der Waals surface area contributed by atoms with Crippen LogP contribution < -0.4 is 5.32 Å². The molecule has 1 atom stereocenters. The molecule has 2 aromatic rings. The summed E-state index contributed by atoms with van der Waals surface area (Å²) in [5.41, 5.74) is 1.13. The predicted octanol–water partition coefficient (Wildman–Crippen LogP) is 2.70. The molecule has 0 saturated heterocycles. The molecule has 21 heavy (non-hydrogen) atoms. The van der Waals surface area contributed by atoms with E-state index in [9.17, 15) is 0 Å². The quantitative estimate of drug-likeness (QED) is 0.916. The highest BCUT2D eigenvalue weighted by Gasteiger charge is 2.22. The van der Waals surface area contributed by atoms with E-state index in [1.807, 2.05) is 17.8 Å². The first-order valence-corrected chi connectivity index (χ1v) is 7.76. The van der Waals surface area contributed by atoms with Crippen LogP contribution in [0.25, 0.3) is 0 Å². The van der Waals surface area contributed by atoms with Crippen LogP contribution in [0.4, 0.5) is 0 Å². The maximum Gasteiger partial charge on any atom is 0.243 e. The Labute approximate surface area is 125 Å². The second kappa shape index (κ2) is 6.39. The third-order valence-corrected chi connectivity index (χ3v) is 4.30. The van der Waals surface area contributed by atoms with Crippen LogP contribution in [0, 0.1) is 0 Å². The van der Waals surface area contributed by atoms with Crippen LogP contribution >= 0.6 is 0 Å². The van der Waals surface area contributed by atoms with E-state index in [4.69, 9.17) is 4.52 Å². The Kier molecular flexibility index (Phi) is 4.34. The minimum atomic E-state index is 0.0461. The van der Waals surface area contributed by atoms with Crippen molar-refractivity contribution in [3.05, 3.63) is 29.9 Å². The van der Waals surface area contributed by atoms with Gasteiger partial charge in [-0.05, 0) is 19.8 Å². The molecule has 2 aromatic heterocycles. The first kappa shape index (κ1) is 14.3. The molecule has 1 saturated carbocycles. The molecule has 6 heteroatoms. The maximum atomic E-state index is 5.43. The highest BCUT2D eigenvalue weighted by molar-refractivity contribution is 5.01. The molecular weight excluding hydrogens is 266 g/mol. The molecule has 6 nitrogen and oxygen atoms in total. The average Bonchev–Trinajstić information content (AvgIpc) is 3.15. The zero-order chi connectivity index (χ0) is 14.7. The van der Waals surface area contributed by atoms with Crippen LogP contribution in [-0.2, 0) is 13.6 Å². The van der Waals surface area contributed by atoms with Crippen LogP contribution in [0.1, 0.15) is 68.4 Å². The van der Waals surface area contributed by atoms with Crippen LogP contribution in [0.15, 0.2) is 17.0 Å². The van der Waals surface area contributed by atoms with E-state index >= 15 is 0 Å². The van der Waals surface area contributed by atoms with Gasteiger partial charge in [0.25, 0.3) is 0 Å². The van der Waals surface area contributed by atoms with E-state index < -0.39 is 0 Å². The largest absolute Gasteiger partial charge is 0.338 e. The van der Waals surface area contributed by atoms with Crippen molar-refractivity contribution in [2.45, 2.75) is 57.5 Å². The van der Waals surface area contributed by atoms with Crippen LogP contribution in [0.2, 0.25) is 0 Å². The number of hydrogen-bond acceptors (Lipinski definition) is 5. The van der Waals surface area contributed by atoms with Gasteiger partial charge >= 0.3 is 0 Å². The number of imidazole rings is 1. The molecule has 2 heterocycles. The Balaban J connectivity index is 1.58. The molecule has 0 spiro atoms. The lowest BCUT2D eigenvalue weighted by atomic mass is 9.89. The van der Waals surface area contributed by atoms with Crippen molar-refractivity contribution in [2.75, 3.05) is 0 Å². The van der Waals surface area contributed by atoms with Crippen LogP contribution in [0.3, 0.4) is 0 Å². The molecule has 0 radical (unpaired) electrons. The minimum Gasteiger partial charge on any atom is -0.338 e. The molecule has 0 unspecified atom stereocenters. The topological polar surface area (TPSA) is 68.8 Å². The molecule has 0 amide bonds. The van der Waals surface area contributed by atoms with E-state index in [-0.39, 0.29) is 6.04 Å². The zero-order valence-electron chi connectivity index (χ0n) is 12.7. The molecular formula is C15H23N5O. The van der Waals surface area contributed by atoms with Crippen molar-refractivity contribution in [1.29, 1.82) is 0 Å². The number of nitrogens with zero attached hydrogens (tertiary/aromatic N) is 4. The molecule has 1 aliphatic carbocycles. The zero-order valence-corrected chi connectivity index (χ0v) is 12.7. The molecule has 114 valence electrons.